The minimum absolute atomic E-state index is 0.388. The highest BCUT2D eigenvalue weighted by molar-refractivity contribution is 8.00. The Morgan fingerprint density at radius 2 is 1.88 bits per heavy atom. The fourth-order valence-electron chi connectivity index (χ4n) is 2.35. The molecule has 1 unspecified atom stereocenters. The van der Waals surface area contributed by atoms with Crippen molar-refractivity contribution in [2.24, 2.45) is 11.8 Å². The normalized spacial score (nSPS) is 27.7. The van der Waals surface area contributed by atoms with Crippen molar-refractivity contribution in [2.75, 3.05) is 5.75 Å². The Morgan fingerprint density at radius 3 is 2.38 bits per heavy atom. The molecule has 94 valence electrons. The van der Waals surface area contributed by atoms with Gasteiger partial charge >= 0.3 is 0 Å². The van der Waals surface area contributed by atoms with Crippen LogP contribution < -0.4 is 0 Å². The minimum Gasteiger partial charge on any atom is -0.298 e. The van der Waals surface area contributed by atoms with Crippen molar-refractivity contribution in [3.8, 4) is 0 Å². The number of ketones is 1. The van der Waals surface area contributed by atoms with Gasteiger partial charge < -0.3 is 0 Å². The van der Waals surface area contributed by atoms with E-state index in [2.05, 4.69) is 20.8 Å². The molecule has 1 atom stereocenters. The SMILES string of the molecule is CCC1CCC(C(=O)CSC(C)CC)CC1. The first kappa shape index (κ1) is 14.1. The van der Waals surface area contributed by atoms with Gasteiger partial charge in [0.15, 0.2) is 0 Å². The summed E-state index contributed by atoms with van der Waals surface area (Å²) >= 11 is 1.84. The fourth-order valence-corrected chi connectivity index (χ4v) is 3.27. The van der Waals surface area contributed by atoms with Crippen LogP contribution in [0.2, 0.25) is 0 Å². The highest BCUT2D eigenvalue weighted by Crippen LogP contribution is 2.32. The number of rotatable bonds is 6. The Kier molecular flexibility index (Phi) is 6.48. The van der Waals surface area contributed by atoms with E-state index in [1.807, 2.05) is 11.8 Å². The highest BCUT2D eigenvalue weighted by Gasteiger charge is 2.25. The van der Waals surface area contributed by atoms with E-state index in [0.29, 0.717) is 17.0 Å². The molecule has 0 aliphatic heterocycles. The molecule has 0 aromatic carbocycles. The van der Waals surface area contributed by atoms with E-state index < -0.39 is 0 Å². The molecule has 0 saturated heterocycles. The molecule has 1 fully saturated rings. The van der Waals surface area contributed by atoms with Crippen LogP contribution in [0.3, 0.4) is 0 Å². The van der Waals surface area contributed by atoms with Crippen LogP contribution in [-0.2, 0) is 4.79 Å². The first-order chi connectivity index (χ1) is 7.67. The molecule has 0 spiro atoms. The smallest absolute Gasteiger partial charge is 0.145 e. The van der Waals surface area contributed by atoms with E-state index in [-0.39, 0.29) is 0 Å². The van der Waals surface area contributed by atoms with E-state index in [0.717, 1.165) is 24.5 Å². The predicted molar refractivity (Wildman–Crippen MR) is 73.0 cm³/mol. The van der Waals surface area contributed by atoms with Crippen molar-refractivity contribution < 1.29 is 4.79 Å². The zero-order valence-corrected chi connectivity index (χ0v) is 11.8. The number of carbonyl (C=O) groups is 1. The number of Topliss-reactive ketones (excluding diaryl/α,β-unsaturated/α-hetero) is 1. The number of hydrogen-bond acceptors (Lipinski definition) is 2. The van der Waals surface area contributed by atoms with Gasteiger partial charge in [0.1, 0.15) is 5.78 Å². The van der Waals surface area contributed by atoms with Gasteiger partial charge in [0.2, 0.25) is 0 Å². The summed E-state index contributed by atoms with van der Waals surface area (Å²) in [4.78, 5) is 12.0. The summed E-state index contributed by atoms with van der Waals surface area (Å²) in [7, 11) is 0. The highest BCUT2D eigenvalue weighted by atomic mass is 32.2. The fraction of sp³-hybridized carbons (Fsp3) is 0.929. The van der Waals surface area contributed by atoms with Gasteiger partial charge in [-0.25, -0.2) is 0 Å². The van der Waals surface area contributed by atoms with Crippen LogP contribution in [0.5, 0.6) is 0 Å². The minimum atomic E-state index is 0.388. The molecule has 0 aromatic heterocycles. The second-order valence-electron chi connectivity index (χ2n) is 5.12. The third-order valence-corrected chi connectivity index (χ3v) is 5.32. The van der Waals surface area contributed by atoms with E-state index in [1.54, 1.807) is 0 Å². The van der Waals surface area contributed by atoms with Crippen molar-refractivity contribution in [2.45, 2.75) is 64.5 Å². The zero-order valence-electron chi connectivity index (χ0n) is 11.0. The van der Waals surface area contributed by atoms with E-state index in [9.17, 15) is 4.79 Å². The van der Waals surface area contributed by atoms with Gasteiger partial charge in [-0.3, -0.25) is 4.79 Å². The Morgan fingerprint density at radius 1 is 1.25 bits per heavy atom. The van der Waals surface area contributed by atoms with Gasteiger partial charge in [-0.15, -0.1) is 0 Å². The van der Waals surface area contributed by atoms with E-state index in [1.165, 1.54) is 25.7 Å². The molecule has 16 heavy (non-hydrogen) atoms. The van der Waals surface area contributed by atoms with Crippen molar-refractivity contribution in [1.29, 1.82) is 0 Å². The van der Waals surface area contributed by atoms with Gasteiger partial charge in [-0.2, -0.15) is 11.8 Å². The van der Waals surface area contributed by atoms with Crippen LogP contribution in [0.1, 0.15) is 59.3 Å². The van der Waals surface area contributed by atoms with Crippen LogP contribution in [-0.4, -0.2) is 16.8 Å². The summed E-state index contributed by atoms with van der Waals surface area (Å²) < 4.78 is 0. The molecule has 0 heterocycles. The van der Waals surface area contributed by atoms with Gasteiger partial charge in [0, 0.05) is 11.2 Å². The first-order valence-corrected chi connectivity index (χ1v) is 7.86. The molecule has 0 aromatic rings. The summed E-state index contributed by atoms with van der Waals surface area (Å²) in [5.41, 5.74) is 0. The molecule has 1 aliphatic rings. The zero-order chi connectivity index (χ0) is 12.0. The van der Waals surface area contributed by atoms with Gasteiger partial charge in [0.05, 0.1) is 5.75 Å². The second kappa shape index (κ2) is 7.37. The molecule has 0 radical (unpaired) electrons. The summed E-state index contributed by atoms with van der Waals surface area (Å²) in [5.74, 6) is 2.54. The van der Waals surface area contributed by atoms with Crippen molar-refractivity contribution in [3.63, 3.8) is 0 Å². The topological polar surface area (TPSA) is 17.1 Å². The molecule has 1 nitrogen and oxygen atoms in total. The molecular formula is C14H26OS. The molecule has 1 aliphatic carbocycles. The van der Waals surface area contributed by atoms with E-state index >= 15 is 0 Å². The standard InChI is InChI=1S/C14H26OS/c1-4-11(3)16-10-14(15)13-8-6-12(5-2)7-9-13/h11-13H,4-10H2,1-3H3. The molecule has 2 heteroatoms. The Hall–Kier alpha value is 0.0200. The molecule has 1 saturated carbocycles. The summed E-state index contributed by atoms with van der Waals surface area (Å²) in [6.07, 6.45) is 7.32. The molecule has 0 N–H and O–H groups in total. The Bertz CT molecular complexity index is 207. The number of hydrogen-bond donors (Lipinski definition) is 0. The quantitative estimate of drug-likeness (QED) is 0.690. The lowest BCUT2D eigenvalue weighted by molar-refractivity contribution is -0.121. The molecule has 0 amide bonds. The van der Waals surface area contributed by atoms with Crippen molar-refractivity contribution >= 4 is 17.5 Å². The lowest BCUT2D eigenvalue weighted by atomic mass is 9.79. The maximum Gasteiger partial charge on any atom is 0.145 e. The summed E-state index contributed by atoms with van der Waals surface area (Å²) in [5, 5.41) is 0.635. The maximum absolute atomic E-state index is 12.0. The Labute approximate surface area is 105 Å². The summed E-state index contributed by atoms with van der Waals surface area (Å²) in [6.45, 7) is 6.67. The predicted octanol–water partition coefficient (Wildman–Crippen LogP) is 4.30. The first-order valence-electron chi connectivity index (χ1n) is 6.81. The summed E-state index contributed by atoms with van der Waals surface area (Å²) in [6, 6.07) is 0. The van der Waals surface area contributed by atoms with Crippen molar-refractivity contribution in [1.82, 2.24) is 0 Å². The van der Waals surface area contributed by atoms with Crippen LogP contribution in [0.25, 0.3) is 0 Å². The van der Waals surface area contributed by atoms with Gasteiger partial charge in [0.25, 0.3) is 0 Å². The average Bonchev–Trinajstić information content (AvgIpc) is 2.35. The van der Waals surface area contributed by atoms with Crippen LogP contribution in [0, 0.1) is 11.8 Å². The second-order valence-corrected chi connectivity index (χ2v) is 6.55. The van der Waals surface area contributed by atoms with Crippen LogP contribution in [0.4, 0.5) is 0 Å². The third-order valence-electron chi connectivity index (χ3n) is 3.96. The third kappa shape index (κ3) is 4.48. The average molecular weight is 242 g/mol. The maximum atomic E-state index is 12.0. The van der Waals surface area contributed by atoms with Crippen LogP contribution >= 0.6 is 11.8 Å². The monoisotopic (exact) mass is 242 g/mol. The Balaban J connectivity index is 2.22. The van der Waals surface area contributed by atoms with Crippen LogP contribution in [0.15, 0.2) is 0 Å². The molecule has 0 bridgehead atoms. The largest absolute Gasteiger partial charge is 0.298 e. The van der Waals surface area contributed by atoms with Gasteiger partial charge in [-0.1, -0.05) is 27.2 Å². The van der Waals surface area contributed by atoms with E-state index in [4.69, 9.17) is 0 Å². The van der Waals surface area contributed by atoms with Gasteiger partial charge in [-0.05, 0) is 38.0 Å². The number of thioether (sulfide) groups is 1. The molecule has 1 rings (SSSR count). The lowest BCUT2D eigenvalue weighted by Crippen LogP contribution is -2.23. The molecular weight excluding hydrogens is 216 g/mol. The lowest BCUT2D eigenvalue weighted by Gasteiger charge is -2.26. The van der Waals surface area contributed by atoms with Crippen molar-refractivity contribution in [3.05, 3.63) is 0 Å². The number of carbonyl (C=O) groups excluding carboxylic acids is 1.